The Hall–Kier alpha value is -2.50. The van der Waals surface area contributed by atoms with E-state index in [1.54, 1.807) is 0 Å². The molecule has 0 unspecified atom stereocenters. The van der Waals surface area contributed by atoms with Crippen molar-refractivity contribution < 1.29 is 4.74 Å². The second kappa shape index (κ2) is 7.49. The molecule has 0 aliphatic carbocycles. The Balaban J connectivity index is 1.66. The first-order valence-corrected chi connectivity index (χ1v) is 10.2. The molecule has 1 atom stereocenters. The van der Waals surface area contributed by atoms with Crippen molar-refractivity contribution in [1.29, 1.82) is 0 Å². The smallest absolute Gasteiger partial charge is 0.226 e. The number of hydrogen-bond donors (Lipinski definition) is 1. The third-order valence-corrected chi connectivity index (χ3v) is 5.82. The number of benzene rings is 2. The molecule has 1 aromatic heterocycles. The second-order valence-electron chi connectivity index (χ2n) is 7.73. The zero-order valence-corrected chi connectivity index (χ0v) is 16.3. The number of nitrogens with one attached hydrogen (secondary N) is 1. The van der Waals surface area contributed by atoms with Gasteiger partial charge in [-0.25, -0.2) is 9.97 Å². The van der Waals surface area contributed by atoms with Gasteiger partial charge in [-0.15, -0.1) is 0 Å². The number of hydrogen-bond acceptors (Lipinski definition) is 5. The highest BCUT2D eigenvalue weighted by molar-refractivity contribution is 5.87. The Morgan fingerprint density at radius 3 is 2.79 bits per heavy atom. The lowest BCUT2D eigenvalue weighted by atomic mass is 9.98. The van der Waals surface area contributed by atoms with E-state index in [-0.39, 0.29) is 0 Å². The second-order valence-corrected chi connectivity index (χ2v) is 7.73. The molecule has 0 radical (unpaired) electrons. The number of aromatic nitrogens is 2. The quantitative estimate of drug-likeness (QED) is 0.746. The van der Waals surface area contributed by atoms with Gasteiger partial charge in [-0.3, -0.25) is 0 Å². The summed E-state index contributed by atoms with van der Waals surface area (Å²) in [5.74, 6) is 0.847. The van der Waals surface area contributed by atoms with Crippen molar-refractivity contribution in [3.05, 3.63) is 53.7 Å². The van der Waals surface area contributed by atoms with Crippen LogP contribution in [0, 0.1) is 0 Å². The van der Waals surface area contributed by atoms with Crippen LogP contribution in [0.15, 0.2) is 42.5 Å². The van der Waals surface area contributed by atoms with Gasteiger partial charge in [-0.05, 0) is 36.7 Å². The van der Waals surface area contributed by atoms with Crippen molar-refractivity contribution in [2.75, 3.05) is 37.7 Å². The first kappa shape index (κ1) is 17.6. The number of nitrogens with zero attached hydrogens (tertiary/aromatic N) is 3. The van der Waals surface area contributed by atoms with E-state index >= 15 is 0 Å². The van der Waals surface area contributed by atoms with Gasteiger partial charge in [0.05, 0.1) is 30.6 Å². The molecule has 5 rings (SSSR count). The number of ether oxygens (including phenoxy) is 1. The molecule has 2 aromatic carbocycles. The fourth-order valence-corrected chi connectivity index (χ4v) is 4.26. The van der Waals surface area contributed by atoms with Crippen molar-refractivity contribution in [3.8, 4) is 11.3 Å². The third-order valence-electron chi connectivity index (χ3n) is 5.82. The van der Waals surface area contributed by atoms with Crippen LogP contribution >= 0.6 is 0 Å². The maximum Gasteiger partial charge on any atom is 0.226 e. The minimum Gasteiger partial charge on any atom is -0.377 e. The van der Waals surface area contributed by atoms with Crippen LogP contribution in [0.2, 0.25) is 0 Å². The van der Waals surface area contributed by atoms with E-state index in [9.17, 15) is 0 Å². The molecule has 0 spiro atoms. The molecular weight excluding hydrogens is 348 g/mol. The molecule has 0 amide bonds. The van der Waals surface area contributed by atoms with Gasteiger partial charge in [-0.2, -0.15) is 0 Å². The lowest BCUT2D eigenvalue weighted by Gasteiger charge is -2.34. The fourth-order valence-electron chi connectivity index (χ4n) is 4.26. The predicted molar refractivity (Wildman–Crippen MR) is 113 cm³/mol. The van der Waals surface area contributed by atoms with Gasteiger partial charge in [0.2, 0.25) is 5.95 Å². The van der Waals surface area contributed by atoms with Crippen LogP contribution in [-0.4, -0.2) is 48.9 Å². The van der Waals surface area contributed by atoms with Crippen molar-refractivity contribution >= 4 is 16.7 Å². The SMILES string of the molecule is C[C@H]1COCCN1c1nc2c(c(-c3ccc4ccccc4c3)n1)CCNCC2. The van der Waals surface area contributed by atoms with Gasteiger partial charge < -0.3 is 15.0 Å². The van der Waals surface area contributed by atoms with Crippen LogP contribution in [0.25, 0.3) is 22.0 Å². The molecule has 1 N–H and O–H groups in total. The van der Waals surface area contributed by atoms with E-state index in [4.69, 9.17) is 14.7 Å². The van der Waals surface area contributed by atoms with Crippen LogP contribution in [-0.2, 0) is 17.6 Å². The average Bonchev–Trinajstić information content (AvgIpc) is 2.98. The van der Waals surface area contributed by atoms with E-state index in [2.05, 4.69) is 59.6 Å². The summed E-state index contributed by atoms with van der Waals surface area (Å²) in [7, 11) is 0. The Labute approximate surface area is 165 Å². The van der Waals surface area contributed by atoms with Crippen LogP contribution in [0.4, 0.5) is 5.95 Å². The summed E-state index contributed by atoms with van der Waals surface area (Å²) < 4.78 is 5.62. The lowest BCUT2D eigenvalue weighted by Crippen LogP contribution is -2.44. The molecule has 0 bridgehead atoms. The Bertz CT molecular complexity index is 1000. The minimum atomic E-state index is 0.292. The molecule has 5 nitrogen and oxygen atoms in total. The molecular formula is C23H26N4O. The summed E-state index contributed by atoms with van der Waals surface area (Å²) in [6.45, 7) is 6.44. The summed E-state index contributed by atoms with van der Waals surface area (Å²) in [6.07, 6.45) is 1.92. The summed E-state index contributed by atoms with van der Waals surface area (Å²) in [4.78, 5) is 12.4. The van der Waals surface area contributed by atoms with E-state index in [0.29, 0.717) is 6.04 Å². The highest BCUT2D eigenvalue weighted by atomic mass is 16.5. The maximum atomic E-state index is 5.62. The molecule has 5 heteroatoms. The van der Waals surface area contributed by atoms with E-state index < -0.39 is 0 Å². The molecule has 0 saturated carbocycles. The number of rotatable bonds is 2. The van der Waals surface area contributed by atoms with Gasteiger partial charge in [0.1, 0.15) is 0 Å². The van der Waals surface area contributed by atoms with E-state index in [1.165, 1.54) is 27.6 Å². The standard InChI is InChI=1S/C23H26N4O/c1-16-15-28-13-12-27(16)23-25-21-9-11-24-10-8-20(21)22(26-23)19-7-6-17-4-2-3-5-18(17)14-19/h2-7,14,16,24H,8-13,15H2,1H3/t16-/m0/s1. The van der Waals surface area contributed by atoms with Crippen molar-refractivity contribution in [1.82, 2.24) is 15.3 Å². The first-order chi connectivity index (χ1) is 13.8. The number of fused-ring (bicyclic) bond motifs is 2. The fraction of sp³-hybridized carbons (Fsp3) is 0.391. The molecule has 2 aliphatic rings. The lowest BCUT2D eigenvalue weighted by molar-refractivity contribution is 0.0980. The first-order valence-electron chi connectivity index (χ1n) is 10.2. The van der Waals surface area contributed by atoms with Gasteiger partial charge in [-0.1, -0.05) is 36.4 Å². The van der Waals surface area contributed by atoms with Crippen LogP contribution in [0.1, 0.15) is 18.2 Å². The molecule has 144 valence electrons. The summed E-state index contributed by atoms with van der Waals surface area (Å²) in [6, 6.07) is 15.5. The van der Waals surface area contributed by atoms with E-state index in [0.717, 1.165) is 57.3 Å². The molecule has 2 aliphatic heterocycles. The normalized spacial score (nSPS) is 20.0. The highest BCUT2D eigenvalue weighted by Gasteiger charge is 2.25. The van der Waals surface area contributed by atoms with Crippen LogP contribution in [0.3, 0.4) is 0 Å². The van der Waals surface area contributed by atoms with Gasteiger partial charge in [0, 0.05) is 30.6 Å². The maximum absolute atomic E-state index is 5.62. The summed E-state index contributed by atoms with van der Waals surface area (Å²) in [5, 5.41) is 6.02. The monoisotopic (exact) mass is 374 g/mol. The Kier molecular flexibility index (Phi) is 4.71. The Morgan fingerprint density at radius 2 is 1.89 bits per heavy atom. The van der Waals surface area contributed by atoms with Gasteiger partial charge in [0.15, 0.2) is 0 Å². The number of morpholine rings is 1. The van der Waals surface area contributed by atoms with Crippen molar-refractivity contribution in [2.24, 2.45) is 0 Å². The van der Waals surface area contributed by atoms with Crippen molar-refractivity contribution in [3.63, 3.8) is 0 Å². The third kappa shape index (κ3) is 3.25. The largest absolute Gasteiger partial charge is 0.377 e. The zero-order chi connectivity index (χ0) is 18.9. The van der Waals surface area contributed by atoms with Gasteiger partial charge in [0.25, 0.3) is 0 Å². The zero-order valence-electron chi connectivity index (χ0n) is 16.3. The minimum absolute atomic E-state index is 0.292. The summed E-state index contributed by atoms with van der Waals surface area (Å²) >= 11 is 0. The number of anilines is 1. The molecule has 3 aromatic rings. The molecule has 1 fully saturated rings. The molecule has 28 heavy (non-hydrogen) atoms. The topological polar surface area (TPSA) is 50.3 Å². The van der Waals surface area contributed by atoms with Crippen LogP contribution in [0.5, 0.6) is 0 Å². The van der Waals surface area contributed by atoms with Crippen molar-refractivity contribution in [2.45, 2.75) is 25.8 Å². The predicted octanol–water partition coefficient (Wildman–Crippen LogP) is 3.21. The van der Waals surface area contributed by atoms with E-state index in [1.807, 2.05) is 0 Å². The average molecular weight is 374 g/mol. The summed E-state index contributed by atoms with van der Waals surface area (Å²) in [5.41, 5.74) is 4.76. The highest BCUT2D eigenvalue weighted by Crippen LogP contribution is 2.31. The molecule has 1 saturated heterocycles. The van der Waals surface area contributed by atoms with Crippen LogP contribution < -0.4 is 10.2 Å². The Morgan fingerprint density at radius 1 is 1.04 bits per heavy atom. The molecule has 3 heterocycles. The van der Waals surface area contributed by atoms with Gasteiger partial charge >= 0.3 is 0 Å².